The topological polar surface area (TPSA) is 85.6 Å². The van der Waals surface area contributed by atoms with Crippen LogP contribution in [0.1, 0.15) is 49.3 Å². The number of fused-ring (bicyclic) bond motifs is 1. The van der Waals surface area contributed by atoms with Crippen molar-refractivity contribution in [3.63, 3.8) is 0 Å². The van der Waals surface area contributed by atoms with Crippen LogP contribution in [-0.2, 0) is 17.6 Å². The van der Waals surface area contributed by atoms with Gasteiger partial charge in [-0.1, -0.05) is 36.7 Å². The zero-order valence-corrected chi connectivity index (χ0v) is 17.6. The molecule has 2 heterocycles. The summed E-state index contributed by atoms with van der Waals surface area (Å²) in [6.07, 6.45) is 8.20. The quantitative estimate of drug-likeness (QED) is 0.597. The summed E-state index contributed by atoms with van der Waals surface area (Å²) in [6, 6.07) is 6.94. The number of carbonyl (C=O) groups excluding carboxylic acids is 1. The standard InChI is InChI=1S/C20H22N6OS2/c27-18(12-29-20-23-24-25-26(20)16-6-1-2-7-16)22-19-21-17(11-28-19)15-9-8-13-4-3-5-14(13)10-15/h8-11,16H,1-7,12H2,(H,21,22,27). The highest BCUT2D eigenvalue weighted by Gasteiger charge is 2.22. The van der Waals surface area contributed by atoms with Gasteiger partial charge in [0.15, 0.2) is 5.13 Å². The average molecular weight is 427 g/mol. The molecular weight excluding hydrogens is 404 g/mol. The summed E-state index contributed by atoms with van der Waals surface area (Å²) in [5.41, 5.74) is 4.91. The summed E-state index contributed by atoms with van der Waals surface area (Å²) >= 11 is 2.83. The number of hydrogen-bond donors (Lipinski definition) is 1. The van der Waals surface area contributed by atoms with Crippen LogP contribution >= 0.6 is 23.1 Å². The number of amides is 1. The van der Waals surface area contributed by atoms with E-state index in [9.17, 15) is 4.79 Å². The second-order valence-electron chi connectivity index (χ2n) is 7.56. The maximum atomic E-state index is 12.4. The molecule has 0 bridgehead atoms. The van der Waals surface area contributed by atoms with Gasteiger partial charge in [0.25, 0.3) is 0 Å². The molecule has 2 aliphatic rings. The van der Waals surface area contributed by atoms with E-state index in [-0.39, 0.29) is 11.7 Å². The Bertz CT molecular complexity index is 1020. The van der Waals surface area contributed by atoms with Gasteiger partial charge in [0, 0.05) is 10.9 Å². The number of rotatable bonds is 6. The summed E-state index contributed by atoms with van der Waals surface area (Å²) in [4.78, 5) is 17.0. The van der Waals surface area contributed by atoms with Gasteiger partial charge in [-0.25, -0.2) is 9.67 Å². The van der Waals surface area contributed by atoms with Gasteiger partial charge in [-0.3, -0.25) is 4.79 Å². The first-order chi connectivity index (χ1) is 14.3. The molecule has 1 fully saturated rings. The molecule has 1 N–H and O–H groups in total. The van der Waals surface area contributed by atoms with E-state index in [1.54, 1.807) is 0 Å². The first kappa shape index (κ1) is 18.7. The molecule has 1 aromatic carbocycles. The fraction of sp³-hybridized carbons (Fsp3) is 0.450. The Hall–Kier alpha value is -2.26. The highest BCUT2D eigenvalue weighted by Crippen LogP contribution is 2.32. The monoisotopic (exact) mass is 426 g/mol. The van der Waals surface area contributed by atoms with E-state index in [1.807, 2.05) is 10.1 Å². The molecule has 7 nitrogen and oxygen atoms in total. The Morgan fingerprint density at radius 2 is 2.07 bits per heavy atom. The number of thioether (sulfide) groups is 1. The summed E-state index contributed by atoms with van der Waals surface area (Å²) in [5, 5.41) is 18.2. The molecule has 2 aromatic heterocycles. The lowest BCUT2D eigenvalue weighted by atomic mass is 10.1. The number of hydrogen-bond acceptors (Lipinski definition) is 7. The smallest absolute Gasteiger partial charge is 0.236 e. The molecule has 2 aliphatic carbocycles. The van der Waals surface area contributed by atoms with Crippen LogP contribution in [0, 0.1) is 0 Å². The minimum absolute atomic E-state index is 0.0918. The maximum absolute atomic E-state index is 12.4. The van der Waals surface area contributed by atoms with Crippen molar-refractivity contribution in [3.05, 3.63) is 34.7 Å². The maximum Gasteiger partial charge on any atom is 0.236 e. The van der Waals surface area contributed by atoms with E-state index >= 15 is 0 Å². The Morgan fingerprint density at radius 1 is 1.21 bits per heavy atom. The molecule has 0 radical (unpaired) electrons. The first-order valence-electron chi connectivity index (χ1n) is 10.0. The van der Waals surface area contributed by atoms with Gasteiger partial charge in [0.2, 0.25) is 11.1 Å². The molecule has 0 saturated heterocycles. The molecule has 150 valence electrons. The van der Waals surface area contributed by atoms with Gasteiger partial charge in [-0.05, 0) is 59.7 Å². The van der Waals surface area contributed by atoms with Crippen molar-refractivity contribution in [3.8, 4) is 11.3 Å². The van der Waals surface area contributed by atoms with Crippen LogP contribution in [0.4, 0.5) is 5.13 Å². The minimum Gasteiger partial charge on any atom is -0.301 e. The van der Waals surface area contributed by atoms with Crippen LogP contribution in [0.15, 0.2) is 28.7 Å². The molecule has 3 aromatic rings. The van der Waals surface area contributed by atoms with E-state index in [0.29, 0.717) is 16.3 Å². The molecule has 9 heteroatoms. The third-order valence-corrected chi connectivity index (χ3v) is 7.30. The molecule has 1 saturated carbocycles. The number of anilines is 1. The van der Waals surface area contributed by atoms with Crippen molar-refractivity contribution in [2.45, 2.75) is 56.1 Å². The summed E-state index contributed by atoms with van der Waals surface area (Å²) < 4.78 is 1.88. The third kappa shape index (κ3) is 4.06. The van der Waals surface area contributed by atoms with Crippen molar-refractivity contribution < 1.29 is 4.79 Å². The fourth-order valence-electron chi connectivity index (χ4n) is 4.14. The zero-order valence-electron chi connectivity index (χ0n) is 16.0. The number of benzene rings is 1. The number of nitrogens with zero attached hydrogens (tertiary/aromatic N) is 5. The van der Waals surface area contributed by atoms with Crippen molar-refractivity contribution in [1.82, 2.24) is 25.2 Å². The Labute approximate surface area is 177 Å². The van der Waals surface area contributed by atoms with E-state index in [0.717, 1.165) is 30.5 Å². The number of nitrogens with one attached hydrogen (secondary N) is 1. The predicted molar refractivity (Wildman–Crippen MR) is 114 cm³/mol. The van der Waals surface area contributed by atoms with Crippen LogP contribution in [0.25, 0.3) is 11.3 Å². The summed E-state index contributed by atoms with van der Waals surface area (Å²) in [7, 11) is 0. The first-order valence-corrected chi connectivity index (χ1v) is 11.9. The van der Waals surface area contributed by atoms with Crippen molar-refractivity contribution >= 4 is 34.1 Å². The molecule has 0 aliphatic heterocycles. The van der Waals surface area contributed by atoms with Crippen LogP contribution in [0.3, 0.4) is 0 Å². The van der Waals surface area contributed by atoms with Gasteiger partial charge in [-0.2, -0.15) is 0 Å². The minimum atomic E-state index is -0.0918. The van der Waals surface area contributed by atoms with Crippen molar-refractivity contribution in [1.29, 1.82) is 0 Å². The third-order valence-electron chi connectivity index (χ3n) is 5.61. The Morgan fingerprint density at radius 3 is 2.97 bits per heavy atom. The van der Waals surface area contributed by atoms with E-state index in [4.69, 9.17) is 0 Å². The molecular formula is C20H22N6OS2. The van der Waals surface area contributed by atoms with Crippen LogP contribution < -0.4 is 5.32 Å². The molecule has 0 spiro atoms. The normalized spacial score (nSPS) is 16.3. The lowest BCUT2D eigenvalue weighted by Crippen LogP contribution is -2.15. The van der Waals surface area contributed by atoms with Gasteiger partial charge in [0.1, 0.15) is 0 Å². The lowest BCUT2D eigenvalue weighted by molar-refractivity contribution is -0.113. The van der Waals surface area contributed by atoms with Crippen LogP contribution in [0.5, 0.6) is 0 Å². The largest absolute Gasteiger partial charge is 0.301 e. The zero-order chi connectivity index (χ0) is 19.6. The van der Waals surface area contributed by atoms with Gasteiger partial charge in [0.05, 0.1) is 17.5 Å². The van der Waals surface area contributed by atoms with Crippen molar-refractivity contribution in [2.24, 2.45) is 0 Å². The average Bonchev–Trinajstić information content (AvgIpc) is 3.53. The van der Waals surface area contributed by atoms with Gasteiger partial charge < -0.3 is 5.32 Å². The van der Waals surface area contributed by atoms with Gasteiger partial charge >= 0.3 is 0 Å². The number of aryl methyl sites for hydroxylation is 2. The van der Waals surface area contributed by atoms with E-state index in [1.165, 1.54) is 59.9 Å². The molecule has 5 rings (SSSR count). The number of thiazole rings is 1. The second kappa shape index (κ2) is 8.23. The van der Waals surface area contributed by atoms with Crippen LogP contribution in [0.2, 0.25) is 0 Å². The molecule has 0 unspecified atom stereocenters. The molecule has 1 amide bonds. The Balaban J connectivity index is 1.19. The van der Waals surface area contributed by atoms with E-state index < -0.39 is 0 Å². The summed E-state index contributed by atoms with van der Waals surface area (Å²) in [6.45, 7) is 0. The molecule has 0 atom stereocenters. The summed E-state index contributed by atoms with van der Waals surface area (Å²) in [5.74, 6) is 0.173. The second-order valence-corrected chi connectivity index (χ2v) is 9.36. The highest BCUT2D eigenvalue weighted by molar-refractivity contribution is 7.99. The van der Waals surface area contributed by atoms with Crippen LogP contribution in [-0.4, -0.2) is 36.9 Å². The molecule has 29 heavy (non-hydrogen) atoms. The number of aromatic nitrogens is 5. The van der Waals surface area contributed by atoms with Gasteiger partial charge in [-0.15, -0.1) is 16.4 Å². The van der Waals surface area contributed by atoms with Crippen molar-refractivity contribution in [2.75, 3.05) is 11.1 Å². The lowest BCUT2D eigenvalue weighted by Gasteiger charge is -2.10. The van der Waals surface area contributed by atoms with E-state index in [2.05, 4.69) is 44.0 Å². The number of carbonyl (C=O) groups is 1. The highest BCUT2D eigenvalue weighted by atomic mass is 32.2. The Kier molecular flexibility index (Phi) is 5.32. The fourth-order valence-corrected chi connectivity index (χ4v) is 5.62. The predicted octanol–water partition coefficient (Wildman–Crippen LogP) is 4.13. The number of tetrazole rings is 1. The SMILES string of the molecule is O=C(CSc1nnnn1C1CCCC1)Nc1nc(-c2ccc3c(c2)CCC3)cs1.